The molecule has 2 aromatic rings. The van der Waals surface area contributed by atoms with E-state index in [1.807, 2.05) is 24.0 Å². The minimum Gasteiger partial charge on any atom is -0.493 e. The first-order valence-corrected chi connectivity index (χ1v) is 9.52. The van der Waals surface area contributed by atoms with E-state index in [0.29, 0.717) is 30.4 Å². The first kappa shape index (κ1) is 21.5. The summed E-state index contributed by atoms with van der Waals surface area (Å²) < 4.78 is 49.1. The van der Waals surface area contributed by atoms with E-state index >= 15 is 0 Å². The summed E-state index contributed by atoms with van der Waals surface area (Å²) in [5, 5.41) is 0.0176. The van der Waals surface area contributed by atoms with E-state index in [-0.39, 0.29) is 5.02 Å². The Hall–Kier alpha value is -2.19. The minimum absolute atomic E-state index is 0.0176. The third kappa shape index (κ3) is 4.87. The molecule has 0 radical (unpaired) electrons. The number of pyridine rings is 1. The molecule has 29 heavy (non-hydrogen) atoms. The number of aromatic nitrogens is 1. The standard InChI is InChI=1S/C20H23ClF3N3O2/c1-13-8-17(28-2)18(29-3)9-14(13)12-26-4-6-27(7-5-26)19-16(21)10-15(11-25-19)20(22,23)24/h8-11H,4-7,12H2,1-3H3. The van der Waals surface area contributed by atoms with E-state index in [4.69, 9.17) is 21.1 Å². The molecule has 0 amide bonds. The number of nitrogens with zero attached hydrogens (tertiary/aromatic N) is 3. The van der Waals surface area contributed by atoms with Gasteiger partial charge in [-0.05, 0) is 36.2 Å². The molecule has 0 atom stereocenters. The highest BCUT2D eigenvalue weighted by Crippen LogP contribution is 2.34. The van der Waals surface area contributed by atoms with Crippen molar-refractivity contribution in [1.29, 1.82) is 0 Å². The number of rotatable bonds is 5. The van der Waals surface area contributed by atoms with Crippen molar-refractivity contribution < 1.29 is 22.6 Å². The number of halogens is 4. The number of hydrogen-bond donors (Lipinski definition) is 0. The number of benzene rings is 1. The van der Waals surface area contributed by atoms with Crippen molar-refractivity contribution in [3.8, 4) is 11.5 Å². The van der Waals surface area contributed by atoms with Gasteiger partial charge in [0.25, 0.3) is 0 Å². The summed E-state index contributed by atoms with van der Waals surface area (Å²) in [6, 6.07) is 4.87. The van der Waals surface area contributed by atoms with Crippen molar-refractivity contribution in [3.63, 3.8) is 0 Å². The summed E-state index contributed by atoms with van der Waals surface area (Å²) in [6.07, 6.45) is -3.62. The zero-order chi connectivity index (χ0) is 21.2. The Balaban J connectivity index is 1.66. The fourth-order valence-corrected chi connectivity index (χ4v) is 3.66. The van der Waals surface area contributed by atoms with Gasteiger partial charge in [-0.3, -0.25) is 4.90 Å². The van der Waals surface area contributed by atoms with Gasteiger partial charge in [0.1, 0.15) is 5.82 Å². The van der Waals surface area contributed by atoms with Crippen LogP contribution in [0.3, 0.4) is 0 Å². The lowest BCUT2D eigenvalue weighted by molar-refractivity contribution is -0.137. The molecule has 0 bridgehead atoms. The van der Waals surface area contributed by atoms with Crippen molar-refractivity contribution >= 4 is 17.4 Å². The summed E-state index contributed by atoms with van der Waals surface area (Å²) in [7, 11) is 3.22. The molecule has 3 rings (SSSR count). The Labute approximate surface area is 173 Å². The molecule has 0 spiro atoms. The lowest BCUT2D eigenvalue weighted by Gasteiger charge is -2.36. The molecular weight excluding hydrogens is 407 g/mol. The number of aryl methyl sites for hydroxylation is 1. The third-order valence-corrected chi connectivity index (χ3v) is 5.34. The van der Waals surface area contributed by atoms with Crippen molar-refractivity contribution in [1.82, 2.24) is 9.88 Å². The second-order valence-corrected chi connectivity index (χ2v) is 7.33. The molecule has 0 unspecified atom stereocenters. The maximum atomic E-state index is 12.8. The van der Waals surface area contributed by atoms with E-state index in [1.54, 1.807) is 14.2 Å². The maximum absolute atomic E-state index is 12.8. The molecule has 2 heterocycles. The maximum Gasteiger partial charge on any atom is 0.417 e. The summed E-state index contributed by atoms with van der Waals surface area (Å²) in [5.74, 6) is 1.77. The fraction of sp³-hybridized carbons (Fsp3) is 0.450. The molecule has 1 saturated heterocycles. The summed E-state index contributed by atoms with van der Waals surface area (Å²) in [4.78, 5) is 8.16. The number of anilines is 1. The number of ether oxygens (including phenoxy) is 2. The molecule has 0 aliphatic carbocycles. The SMILES string of the molecule is COc1cc(C)c(CN2CCN(c3ncc(C(F)(F)F)cc3Cl)CC2)cc1OC. The first-order chi connectivity index (χ1) is 13.7. The van der Waals surface area contributed by atoms with Crippen LogP contribution in [0.15, 0.2) is 24.4 Å². The molecule has 1 aromatic heterocycles. The number of alkyl halides is 3. The molecule has 0 saturated carbocycles. The Morgan fingerprint density at radius 3 is 2.21 bits per heavy atom. The van der Waals surface area contributed by atoms with Gasteiger partial charge >= 0.3 is 6.18 Å². The van der Waals surface area contributed by atoms with E-state index < -0.39 is 11.7 Å². The van der Waals surface area contributed by atoms with Crippen LogP contribution in [0.25, 0.3) is 0 Å². The molecule has 1 aliphatic heterocycles. The third-order valence-electron chi connectivity index (χ3n) is 5.06. The van der Waals surface area contributed by atoms with Crippen LogP contribution in [-0.2, 0) is 12.7 Å². The van der Waals surface area contributed by atoms with Gasteiger partial charge in [-0.25, -0.2) is 4.98 Å². The van der Waals surface area contributed by atoms with Crippen LogP contribution in [0.1, 0.15) is 16.7 Å². The van der Waals surface area contributed by atoms with Crippen LogP contribution in [-0.4, -0.2) is 50.3 Å². The van der Waals surface area contributed by atoms with Crippen molar-refractivity contribution in [2.75, 3.05) is 45.3 Å². The Bertz CT molecular complexity index is 869. The predicted molar refractivity (Wildman–Crippen MR) is 106 cm³/mol. The first-order valence-electron chi connectivity index (χ1n) is 9.14. The Morgan fingerprint density at radius 1 is 1.03 bits per heavy atom. The van der Waals surface area contributed by atoms with Gasteiger partial charge in [-0.2, -0.15) is 13.2 Å². The summed E-state index contributed by atoms with van der Waals surface area (Å²) in [6.45, 7) is 5.52. The average Bonchev–Trinajstić information content (AvgIpc) is 2.69. The molecule has 158 valence electrons. The van der Waals surface area contributed by atoms with Crippen LogP contribution in [0.4, 0.5) is 19.0 Å². The fourth-order valence-electron chi connectivity index (χ4n) is 3.37. The van der Waals surface area contributed by atoms with Gasteiger partial charge in [0.15, 0.2) is 11.5 Å². The Morgan fingerprint density at radius 2 is 1.66 bits per heavy atom. The van der Waals surface area contributed by atoms with E-state index in [0.717, 1.165) is 43.0 Å². The number of methoxy groups -OCH3 is 2. The monoisotopic (exact) mass is 429 g/mol. The van der Waals surface area contributed by atoms with Crippen molar-refractivity contribution in [3.05, 3.63) is 46.1 Å². The number of piperazine rings is 1. The molecule has 0 N–H and O–H groups in total. The van der Waals surface area contributed by atoms with Crippen molar-refractivity contribution in [2.24, 2.45) is 0 Å². The summed E-state index contributed by atoms with van der Waals surface area (Å²) in [5.41, 5.74) is 1.41. The molecule has 1 aromatic carbocycles. The zero-order valence-corrected chi connectivity index (χ0v) is 17.3. The molecule has 5 nitrogen and oxygen atoms in total. The highest BCUT2D eigenvalue weighted by atomic mass is 35.5. The van der Waals surface area contributed by atoms with Crippen LogP contribution in [0.5, 0.6) is 11.5 Å². The van der Waals surface area contributed by atoms with Crippen molar-refractivity contribution in [2.45, 2.75) is 19.6 Å². The van der Waals surface area contributed by atoms with Crippen LogP contribution >= 0.6 is 11.6 Å². The molecule has 1 fully saturated rings. The smallest absolute Gasteiger partial charge is 0.417 e. The van der Waals surface area contributed by atoms with Crippen LogP contribution < -0.4 is 14.4 Å². The normalized spacial score (nSPS) is 15.5. The second-order valence-electron chi connectivity index (χ2n) is 6.92. The highest BCUT2D eigenvalue weighted by molar-refractivity contribution is 6.33. The lowest BCUT2D eigenvalue weighted by atomic mass is 10.1. The largest absolute Gasteiger partial charge is 0.493 e. The topological polar surface area (TPSA) is 37.8 Å². The summed E-state index contributed by atoms with van der Waals surface area (Å²) >= 11 is 6.07. The van der Waals surface area contributed by atoms with Gasteiger partial charge in [-0.15, -0.1) is 0 Å². The van der Waals surface area contributed by atoms with Gasteiger partial charge in [0.05, 0.1) is 24.8 Å². The van der Waals surface area contributed by atoms with E-state index in [2.05, 4.69) is 9.88 Å². The second kappa shape index (κ2) is 8.67. The van der Waals surface area contributed by atoms with Gasteiger partial charge < -0.3 is 14.4 Å². The van der Waals surface area contributed by atoms with E-state index in [1.165, 1.54) is 0 Å². The Kier molecular flexibility index (Phi) is 6.43. The van der Waals surface area contributed by atoms with Gasteiger partial charge in [0.2, 0.25) is 0 Å². The van der Waals surface area contributed by atoms with Crippen LogP contribution in [0.2, 0.25) is 5.02 Å². The number of hydrogen-bond acceptors (Lipinski definition) is 5. The quantitative estimate of drug-likeness (QED) is 0.704. The minimum atomic E-state index is -4.45. The molecular formula is C20H23ClF3N3O2. The van der Waals surface area contributed by atoms with Crippen LogP contribution in [0, 0.1) is 6.92 Å². The zero-order valence-electron chi connectivity index (χ0n) is 16.5. The van der Waals surface area contributed by atoms with Gasteiger partial charge in [-0.1, -0.05) is 11.6 Å². The highest BCUT2D eigenvalue weighted by Gasteiger charge is 2.32. The van der Waals surface area contributed by atoms with E-state index in [9.17, 15) is 13.2 Å². The van der Waals surface area contributed by atoms with Gasteiger partial charge in [0, 0.05) is 38.9 Å². The average molecular weight is 430 g/mol. The predicted octanol–water partition coefficient (Wildman–Crippen LogP) is 4.40. The molecule has 9 heteroatoms. The lowest BCUT2D eigenvalue weighted by Crippen LogP contribution is -2.46. The molecule has 1 aliphatic rings.